The van der Waals surface area contributed by atoms with Crippen LogP contribution in [0.4, 0.5) is 0 Å². The zero-order valence-electron chi connectivity index (χ0n) is 17.4. The van der Waals surface area contributed by atoms with Crippen LogP contribution in [0.3, 0.4) is 0 Å². The van der Waals surface area contributed by atoms with E-state index in [9.17, 15) is 14.4 Å². The molecule has 30 heavy (non-hydrogen) atoms. The first-order chi connectivity index (χ1) is 14.3. The zero-order chi connectivity index (χ0) is 22.4. The summed E-state index contributed by atoms with van der Waals surface area (Å²) in [6.45, 7) is 11.1. The predicted molar refractivity (Wildman–Crippen MR) is 109 cm³/mol. The summed E-state index contributed by atoms with van der Waals surface area (Å²) in [6.07, 6.45) is 0.373. The van der Waals surface area contributed by atoms with Crippen molar-refractivity contribution in [2.24, 2.45) is 0 Å². The molecule has 0 atom stereocenters. The average Bonchev–Trinajstić information content (AvgIpc) is 2.72. The fourth-order valence-corrected chi connectivity index (χ4v) is 1.98. The van der Waals surface area contributed by atoms with Crippen LogP contribution in [-0.4, -0.2) is 57.5 Å². The number of esters is 3. The Morgan fingerprint density at radius 1 is 0.767 bits per heavy atom. The van der Waals surface area contributed by atoms with Crippen molar-refractivity contribution < 1.29 is 38.1 Å². The van der Waals surface area contributed by atoms with Crippen molar-refractivity contribution in [2.75, 3.05) is 39.6 Å². The molecule has 0 unspecified atom stereocenters. The summed E-state index contributed by atoms with van der Waals surface area (Å²) in [7, 11) is 0. The molecule has 0 aliphatic carbocycles. The number of carbonyl (C=O) groups is 3. The highest BCUT2D eigenvalue weighted by Gasteiger charge is 2.13. The second kappa shape index (κ2) is 13.9. The third kappa shape index (κ3) is 9.88. The molecule has 8 nitrogen and oxygen atoms in total. The fourth-order valence-electron chi connectivity index (χ4n) is 1.98. The molecular formula is C22H28O8. The van der Waals surface area contributed by atoms with Crippen LogP contribution in [0.2, 0.25) is 0 Å². The number of hydrogen-bond donors (Lipinski definition) is 0. The van der Waals surface area contributed by atoms with E-state index in [-0.39, 0.29) is 45.2 Å². The van der Waals surface area contributed by atoms with E-state index in [1.54, 1.807) is 38.1 Å². The molecule has 1 aromatic carbocycles. The molecule has 0 bridgehead atoms. The molecule has 0 spiro atoms. The molecule has 0 radical (unpaired) electrons. The van der Waals surface area contributed by atoms with Crippen LogP contribution < -0.4 is 4.74 Å². The maximum atomic E-state index is 12.3. The molecule has 0 aliphatic heterocycles. The predicted octanol–water partition coefficient (Wildman–Crippen LogP) is 2.87. The quantitative estimate of drug-likeness (QED) is 0.196. The summed E-state index contributed by atoms with van der Waals surface area (Å²) >= 11 is 0. The van der Waals surface area contributed by atoms with E-state index >= 15 is 0 Å². The van der Waals surface area contributed by atoms with Crippen LogP contribution in [0.1, 0.15) is 30.6 Å². The fraction of sp³-hybridized carbons (Fsp3) is 0.409. The van der Waals surface area contributed by atoms with E-state index in [1.165, 1.54) is 0 Å². The van der Waals surface area contributed by atoms with Gasteiger partial charge in [-0.25, -0.2) is 14.4 Å². The highest BCUT2D eigenvalue weighted by molar-refractivity contribution is 5.92. The second-order valence-electron chi connectivity index (χ2n) is 6.28. The topological polar surface area (TPSA) is 97.4 Å². The molecule has 8 heteroatoms. The number of carbonyl (C=O) groups excluding carboxylic acids is 3. The first-order valence-corrected chi connectivity index (χ1v) is 9.45. The Morgan fingerprint density at radius 2 is 1.33 bits per heavy atom. The Labute approximate surface area is 176 Å². The standard InChI is InChI=1S/C22H28O8/c1-16(2)20(23)28-10-7-11-29-22(25)18-8-5-6-9-19(18)27-14-12-26-13-15-30-21(24)17(3)4/h5-6,8-9H,1,3,7,10-15H2,2,4H3. The Bertz CT molecular complexity index is 753. The minimum absolute atomic E-state index is 0.0999. The second-order valence-corrected chi connectivity index (χ2v) is 6.28. The van der Waals surface area contributed by atoms with E-state index in [2.05, 4.69) is 13.2 Å². The Kier molecular flexibility index (Phi) is 11.6. The van der Waals surface area contributed by atoms with Crippen molar-refractivity contribution in [1.82, 2.24) is 0 Å². The Balaban J connectivity index is 2.30. The third-order valence-electron chi connectivity index (χ3n) is 3.50. The molecular weight excluding hydrogens is 392 g/mol. The van der Waals surface area contributed by atoms with Gasteiger partial charge in [0, 0.05) is 17.6 Å². The molecule has 0 aliphatic rings. The van der Waals surface area contributed by atoms with Gasteiger partial charge in [0.25, 0.3) is 0 Å². The molecule has 0 N–H and O–H groups in total. The number of para-hydroxylation sites is 1. The SMILES string of the molecule is C=C(C)C(=O)OCCCOC(=O)c1ccccc1OCCOCCOC(=O)C(=C)C. The van der Waals surface area contributed by atoms with Gasteiger partial charge >= 0.3 is 17.9 Å². The van der Waals surface area contributed by atoms with Gasteiger partial charge in [0.1, 0.15) is 24.5 Å². The lowest BCUT2D eigenvalue weighted by Gasteiger charge is -2.12. The summed E-state index contributed by atoms with van der Waals surface area (Å²) in [6, 6.07) is 6.68. The Morgan fingerprint density at radius 3 is 2.00 bits per heavy atom. The number of ether oxygens (including phenoxy) is 5. The van der Waals surface area contributed by atoms with Crippen LogP contribution in [-0.2, 0) is 28.5 Å². The molecule has 0 saturated carbocycles. The van der Waals surface area contributed by atoms with Crippen molar-refractivity contribution in [3.05, 3.63) is 54.1 Å². The highest BCUT2D eigenvalue weighted by atomic mass is 16.6. The van der Waals surface area contributed by atoms with Gasteiger partial charge in [-0.15, -0.1) is 0 Å². The van der Waals surface area contributed by atoms with E-state index in [0.717, 1.165) is 0 Å². The third-order valence-corrected chi connectivity index (χ3v) is 3.50. The summed E-state index contributed by atoms with van der Waals surface area (Å²) in [5, 5.41) is 0. The molecule has 0 fully saturated rings. The summed E-state index contributed by atoms with van der Waals surface area (Å²) in [5.74, 6) is -1.11. The monoisotopic (exact) mass is 420 g/mol. The van der Waals surface area contributed by atoms with Crippen LogP contribution in [0.15, 0.2) is 48.6 Å². The van der Waals surface area contributed by atoms with E-state index in [0.29, 0.717) is 23.3 Å². The Hall–Kier alpha value is -3.13. The van der Waals surface area contributed by atoms with Crippen molar-refractivity contribution in [3.8, 4) is 5.75 Å². The molecule has 0 aromatic heterocycles. The molecule has 1 rings (SSSR count). The summed E-state index contributed by atoms with van der Waals surface area (Å²) < 4.78 is 25.9. The molecule has 0 amide bonds. The van der Waals surface area contributed by atoms with Gasteiger partial charge in [-0.1, -0.05) is 25.3 Å². The highest BCUT2D eigenvalue weighted by Crippen LogP contribution is 2.19. The van der Waals surface area contributed by atoms with E-state index in [1.807, 2.05) is 0 Å². The first-order valence-electron chi connectivity index (χ1n) is 9.45. The number of rotatable bonds is 14. The van der Waals surface area contributed by atoms with Gasteiger partial charge in [-0.3, -0.25) is 0 Å². The molecule has 1 aromatic rings. The van der Waals surface area contributed by atoms with Crippen molar-refractivity contribution in [2.45, 2.75) is 20.3 Å². The van der Waals surface area contributed by atoms with Crippen LogP contribution in [0.5, 0.6) is 5.75 Å². The van der Waals surface area contributed by atoms with Crippen molar-refractivity contribution in [3.63, 3.8) is 0 Å². The van der Waals surface area contributed by atoms with Crippen LogP contribution >= 0.6 is 0 Å². The van der Waals surface area contributed by atoms with E-state index in [4.69, 9.17) is 23.7 Å². The van der Waals surface area contributed by atoms with Gasteiger partial charge in [0.05, 0.1) is 26.4 Å². The zero-order valence-corrected chi connectivity index (χ0v) is 17.4. The van der Waals surface area contributed by atoms with Crippen molar-refractivity contribution >= 4 is 17.9 Å². The van der Waals surface area contributed by atoms with Crippen LogP contribution in [0.25, 0.3) is 0 Å². The summed E-state index contributed by atoms with van der Waals surface area (Å²) in [5.41, 5.74) is 0.927. The van der Waals surface area contributed by atoms with Crippen LogP contribution in [0, 0.1) is 0 Å². The van der Waals surface area contributed by atoms with E-state index < -0.39 is 17.9 Å². The molecule has 0 heterocycles. The first kappa shape index (κ1) is 24.9. The lowest BCUT2D eigenvalue weighted by molar-refractivity contribution is -0.140. The van der Waals surface area contributed by atoms with Gasteiger partial charge in [-0.2, -0.15) is 0 Å². The average molecular weight is 420 g/mol. The maximum absolute atomic E-state index is 12.3. The minimum atomic E-state index is -0.538. The van der Waals surface area contributed by atoms with Gasteiger partial charge < -0.3 is 23.7 Å². The van der Waals surface area contributed by atoms with Gasteiger partial charge in [0.2, 0.25) is 0 Å². The maximum Gasteiger partial charge on any atom is 0.341 e. The van der Waals surface area contributed by atoms with Gasteiger partial charge in [0.15, 0.2) is 0 Å². The smallest absolute Gasteiger partial charge is 0.341 e. The largest absolute Gasteiger partial charge is 0.490 e. The number of hydrogen-bond acceptors (Lipinski definition) is 8. The summed E-state index contributed by atoms with van der Waals surface area (Å²) in [4.78, 5) is 34.7. The lowest BCUT2D eigenvalue weighted by Crippen LogP contribution is -2.15. The van der Waals surface area contributed by atoms with Crippen molar-refractivity contribution in [1.29, 1.82) is 0 Å². The molecule has 164 valence electrons. The lowest BCUT2D eigenvalue weighted by atomic mass is 10.2. The number of benzene rings is 1. The minimum Gasteiger partial charge on any atom is -0.490 e. The normalized spacial score (nSPS) is 10.1. The van der Waals surface area contributed by atoms with Gasteiger partial charge in [-0.05, 0) is 26.0 Å². The molecule has 0 saturated heterocycles.